The Morgan fingerprint density at radius 3 is 2.58 bits per heavy atom. The van der Waals surface area contributed by atoms with Gasteiger partial charge >= 0.3 is 6.03 Å². The maximum Gasteiger partial charge on any atom is 0.317 e. The summed E-state index contributed by atoms with van der Waals surface area (Å²) in [6.45, 7) is 9.22. The maximum atomic E-state index is 11.9. The Balaban J connectivity index is 1.78. The molecule has 2 amide bonds. The number of nitrogens with one attached hydrogen (secondary N) is 2. The number of urea groups is 1. The molecule has 0 saturated heterocycles. The zero-order valence-corrected chi connectivity index (χ0v) is 17.4. The predicted molar refractivity (Wildman–Crippen MR) is 110 cm³/mol. The van der Waals surface area contributed by atoms with Crippen LogP contribution in [-0.2, 0) is 11.8 Å². The summed E-state index contributed by atoms with van der Waals surface area (Å²) in [6, 6.07) is 13.9. The van der Waals surface area contributed by atoms with Gasteiger partial charge in [-0.25, -0.2) is 4.79 Å². The number of carbonyl (C=O) groups is 1. The Kier molecular flexibility index (Phi) is 7.09. The number of halogens is 1. The number of hydrogen-bond donors (Lipinski definition) is 2. The van der Waals surface area contributed by atoms with Crippen LogP contribution in [0.25, 0.3) is 0 Å². The molecule has 2 aromatic rings. The van der Waals surface area contributed by atoms with E-state index in [9.17, 15) is 4.79 Å². The van der Waals surface area contributed by atoms with E-state index in [2.05, 4.69) is 60.3 Å². The molecular formula is C21H27BrN2O2. The fraction of sp³-hybridized carbons (Fsp3) is 0.381. The number of carbonyl (C=O) groups excluding carboxylic acids is 1. The Bertz CT molecular complexity index is 754. The van der Waals surface area contributed by atoms with E-state index in [0.717, 1.165) is 22.2 Å². The molecule has 0 heterocycles. The van der Waals surface area contributed by atoms with Crippen LogP contribution in [-0.4, -0.2) is 19.3 Å². The fourth-order valence-electron chi connectivity index (χ4n) is 2.61. The van der Waals surface area contributed by atoms with E-state index in [1.54, 1.807) is 0 Å². The first-order chi connectivity index (χ1) is 12.3. The van der Waals surface area contributed by atoms with Crippen LogP contribution < -0.4 is 15.4 Å². The highest BCUT2D eigenvalue weighted by Gasteiger charge is 2.19. The molecule has 0 aromatic heterocycles. The van der Waals surface area contributed by atoms with Crippen molar-refractivity contribution in [3.8, 4) is 5.75 Å². The van der Waals surface area contributed by atoms with E-state index < -0.39 is 0 Å². The summed E-state index contributed by atoms with van der Waals surface area (Å²) in [6.07, 6.45) is 0.778. The van der Waals surface area contributed by atoms with Crippen LogP contribution in [0.1, 0.15) is 37.5 Å². The Labute approximate surface area is 164 Å². The molecule has 0 radical (unpaired) electrons. The van der Waals surface area contributed by atoms with E-state index in [0.29, 0.717) is 6.54 Å². The second-order valence-corrected chi connectivity index (χ2v) is 8.27. The summed E-state index contributed by atoms with van der Waals surface area (Å²) in [4.78, 5) is 11.9. The van der Waals surface area contributed by atoms with Gasteiger partial charge in [0.25, 0.3) is 0 Å². The van der Waals surface area contributed by atoms with E-state index in [1.807, 2.05) is 36.4 Å². The minimum absolute atomic E-state index is 0.0203. The number of aryl methyl sites for hydroxylation is 1. The molecule has 0 unspecified atom stereocenters. The van der Waals surface area contributed by atoms with Gasteiger partial charge < -0.3 is 15.4 Å². The van der Waals surface area contributed by atoms with E-state index >= 15 is 0 Å². The van der Waals surface area contributed by atoms with Gasteiger partial charge in [-0.1, -0.05) is 66.5 Å². The minimum Gasteiger partial charge on any atom is -0.473 e. The second kappa shape index (κ2) is 9.08. The number of benzene rings is 2. The van der Waals surface area contributed by atoms with Gasteiger partial charge in [-0.05, 0) is 48.1 Å². The number of hydrogen-bond acceptors (Lipinski definition) is 2. The standard InChI is InChI=1S/C21H27BrN2O2/c1-15-8-9-19(18(12-15)21(2,3)4)26-14-24-20(25)23-11-10-16-6-5-7-17(22)13-16/h5-9,12-13H,10-11,14H2,1-4H3,(H2,23,24,25). The monoisotopic (exact) mass is 418 g/mol. The number of rotatable bonds is 6. The van der Waals surface area contributed by atoms with Crippen LogP contribution in [0.3, 0.4) is 0 Å². The van der Waals surface area contributed by atoms with Crippen LogP contribution in [0.15, 0.2) is 46.9 Å². The SMILES string of the molecule is Cc1ccc(OCNC(=O)NCCc2cccc(Br)c2)c(C(C)(C)C)c1. The Hall–Kier alpha value is -2.01. The van der Waals surface area contributed by atoms with Gasteiger partial charge in [-0.2, -0.15) is 0 Å². The highest BCUT2D eigenvalue weighted by atomic mass is 79.9. The van der Waals surface area contributed by atoms with Crippen molar-refractivity contribution in [2.24, 2.45) is 0 Å². The van der Waals surface area contributed by atoms with Crippen molar-refractivity contribution in [3.63, 3.8) is 0 Å². The van der Waals surface area contributed by atoms with E-state index in [4.69, 9.17) is 4.74 Å². The molecule has 0 bridgehead atoms. The summed E-state index contributed by atoms with van der Waals surface area (Å²) in [5, 5.41) is 5.59. The Morgan fingerprint density at radius 2 is 1.88 bits per heavy atom. The molecule has 2 aromatic carbocycles. The lowest BCUT2D eigenvalue weighted by atomic mass is 9.85. The maximum absolute atomic E-state index is 11.9. The van der Waals surface area contributed by atoms with Gasteiger partial charge in [0.05, 0.1) is 0 Å². The zero-order chi connectivity index (χ0) is 19.2. The molecular weight excluding hydrogens is 392 g/mol. The van der Waals surface area contributed by atoms with Crippen LogP contribution in [0.4, 0.5) is 4.79 Å². The van der Waals surface area contributed by atoms with E-state index in [1.165, 1.54) is 11.1 Å². The van der Waals surface area contributed by atoms with Crippen molar-refractivity contribution in [1.29, 1.82) is 0 Å². The average Bonchev–Trinajstić information content (AvgIpc) is 2.55. The minimum atomic E-state index is -0.232. The number of ether oxygens (including phenoxy) is 1. The normalized spacial score (nSPS) is 11.1. The second-order valence-electron chi connectivity index (χ2n) is 7.35. The van der Waals surface area contributed by atoms with Gasteiger partial charge in [0.15, 0.2) is 6.73 Å². The first kappa shape index (κ1) is 20.3. The lowest BCUT2D eigenvalue weighted by molar-refractivity contribution is 0.223. The fourth-order valence-corrected chi connectivity index (χ4v) is 3.06. The van der Waals surface area contributed by atoms with Crippen molar-refractivity contribution >= 4 is 22.0 Å². The molecule has 5 heteroatoms. The molecule has 2 N–H and O–H groups in total. The zero-order valence-electron chi connectivity index (χ0n) is 15.9. The summed E-state index contributed by atoms with van der Waals surface area (Å²) < 4.78 is 6.83. The third-order valence-corrected chi connectivity index (χ3v) is 4.48. The molecule has 0 atom stereocenters. The third kappa shape index (κ3) is 6.37. The van der Waals surface area contributed by atoms with Gasteiger partial charge in [0.1, 0.15) is 5.75 Å². The summed E-state index contributed by atoms with van der Waals surface area (Å²) in [7, 11) is 0. The van der Waals surface area contributed by atoms with Gasteiger partial charge in [0.2, 0.25) is 0 Å². The van der Waals surface area contributed by atoms with Crippen LogP contribution >= 0.6 is 15.9 Å². The molecule has 0 aliphatic rings. The summed E-state index contributed by atoms with van der Waals surface area (Å²) in [5.41, 5.74) is 3.48. The molecule has 0 fully saturated rings. The highest BCUT2D eigenvalue weighted by molar-refractivity contribution is 9.10. The average molecular weight is 419 g/mol. The van der Waals surface area contributed by atoms with Crippen molar-refractivity contribution in [1.82, 2.24) is 10.6 Å². The van der Waals surface area contributed by atoms with Crippen molar-refractivity contribution < 1.29 is 9.53 Å². The van der Waals surface area contributed by atoms with Gasteiger partial charge in [0, 0.05) is 11.0 Å². The summed E-state index contributed by atoms with van der Waals surface area (Å²) in [5.74, 6) is 0.803. The highest BCUT2D eigenvalue weighted by Crippen LogP contribution is 2.31. The molecule has 2 rings (SSSR count). The van der Waals surface area contributed by atoms with Crippen molar-refractivity contribution in [3.05, 3.63) is 63.6 Å². The largest absolute Gasteiger partial charge is 0.473 e. The first-order valence-corrected chi connectivity index (χ1v) is 9.55. The van der Waals surface area contributed by atoms with E-state index in [-0.39, 0.29) is 18.2 Å². The molecule has 26 heavy (non-hydrogen) atoms. The van der Waals surface area contributed by atoms with Crippen molar-refractivity contribution in [2.45, 2.75) is 39.5 Å². The van der Waals surface area contributed by atoms with Gasteiger partial charge in [-0.3, -0.25) is 0 Å². The Morgan fingerprint density at radius 1 is 1.12 bits per heavy atom. The van der Waals surface area contributed by atoms with Crippen molar-refractivity contribution in [2.75, 3.05) is 13.3 Å². The van der Waals surface area contributed by atoms with Crippen LogP contribution in [0.5, 0.6) is 5.75 Å². The lowest BCUT2D eigenvalue weighted by Crippen LogP contribution is -2.38. The third-order valence-electron chi connectivity index (χ3n) is 3.99. The first-order valence-electron chi connectivity index (χ1n) is 8.76. The molecule has 0 aliphatic heterocycles. The van der Waals surface area contributed by atoms with Gasteiger partial charge in [-0.15, -0.1) is 0 Å². The quantitative estimate of drug-likeness (QED) is 0.653. The van der Waals surface area contributed by atoms with Crippen LogP contribution in [0, 0.1) is 6.92 Å². The lowest BCUT2D eigenvalue weighted by Gasteiger charge is -2.23. The predicted octanol–water partition coefficient (Wildman–Crippen LogP) is 4.93. The molecule has 0 aliphatic carbocycles. The smallest absolute Gasteiger partial charge is 0.317 e. The van der Waals surface area contributed by atoms with Crippen LogP contribution in [0.2, 0.25) is 0 Å². The molecule has 4 nitrogen and oxygen atoms in total. The number of amides is 2. The molecule has 140 valence electrons. The topological polar surface area (TPSA) is 50.4 Å². The summed E-state index contributed by atoms with van der Waals surface area (Å²) >= 11 is 3.45. The molecule has 0 spiro atoms. The molecule has 0 saturated carbocycles.